The Bertz CT molecular complexity index is 2500. The number of ether oxygens (including phenoxy) is 3. The molecule has 1 aliphatic rings. The Kier molecular flexibility index (Phi) is 11.5. The fraction of sp³-hybridized carbons (Fsp3) is 0.333. The summed E-state index contributed by atoms with van der Waals surface area (Å²) in [4.78, 5) is 26.0. The molecule has 7 rings (SSSR count). The Morgan fingerprint density at radius 2 is 1.59 bits per heavy atom. The summed E-state index contributed by atoms with van der Waals surface area (Å²) in [6.07, 6.45) is -2.56. The van der Waals surface area contributed by atoms with Crippen LogP contribution in [0.3, 0.4) is 0 Å². The van der Waals surface area contributed by atoms with Crippen molar-refractivity contribution in [2.75, 3.05) is 18.6 Å². The smallest absolute Gasteiger partial charge is 0.303 e. The normalized spacial score (nSPS) is 20.7. The highest BCUT2D eigenvalue weighted by molar-refractivity contribution is 7.86. The van der Waals surface area contributed by atoms with E-state index in [0.29, 0.717) is 0 Å². The number of nitrogens with zero attached hydrogens (tertiary/aromatic N) is 4. The van der Waals surface area contributed by atoms with Crippen LogP contribution >= 0.6 is 11.6 Å². The van der Waals surface area contributed by atoms with Crippen molar-refractivity contribution in [1.82, 2.24) is 19.5 Å². The molecule has 2 N–H and O–H groups in total. The van der Waals surface area contributed by atoms with Crippen molar-refractivity contribution in [2.45, 2.75) is 76.4 Å². The average Bonchev–Trinajstić information content (AvgIpc) is 3.72. The number of carbonyl (C=O) groups is 1. The fourth-order valence-electron chi connectivity index (χ4n) is 8.03. The number of nitrogen functional groups attached to an aromatic ring is 1. The maximum absolute atomic E-state index is 13.1. The second kappa shape index (κ2) is 16.1. The van der Waals surface area contributed by atoms with Crippen LogP contribution in [0.5, 0.6) is 0 Å². The molecule has 5 atom stereocenters. The van der Waals surface area contributed by atoms with Gasteiger partial charge in [0.25, 0.3) is 18.4 Å². The summed E-state index contributed by atoms with van der Waals surface area (Å²) in [5, 5.41) is 3.50. The zero-order valence-electron chi connectivity index (χ0n) is 33.0. The quantitative estimate of drug-likeness (QED) is 0.0630. The van der Waals surface area contributed by atoms with Crippen molar-refractivity contribution in [3.05, 3.63) is 120 Å². The molecular formula is C42H46ClN5O8SSi. The van der Waals surface area contributed by atoms with Gasteiger partial charge in [-0.3, -0.25) is 13.5 Å². The monoisotopic (exact) mass is 843 g/mol. The van der Waals surface area contributed by atoms with E-state index in [1.165, 1.54) is 17.8 Å². The molecule has 3 heterocycles. The molecule has 6 aromatic rings. The highest BCUT2D eigenvalue weighted by Gasteiger charge is 2.64. The van der Waals surface area contributed by atoms with Crippen molar-refractivity contribution < 1.29 is 36.0 Å². The summed E-state index contributed by atoms with van der Waals surface area (Å²) in [5.41, 5.74) is 5.50. The van der Waals surface area contributed by atoms with E-state index in [1.54, 1.807) is 6.92 Å². The summed E-state index contributed by atoms with van der Waals surface area (Å²) in [5.74, 6) is -0.768. The largest absolute Gasteiger partial charge is 0.455 e. The van der Waals surface area contributed by atoms with Gasteiger partial charge in [-0.25, -0.2) is 4.98 Å². The minimum absolute atomic E-state index is 0.00226. The first-order valence-electron chi connectivity index (χ1n) is 18.8. The van der Waals surface area contributed by atoms with Gasteiger partial charge >= 0.3 is 5.97 Å². The number of halogens is 1. The van der Waals surface area contributed by atoms with Crippen LogP contribution in [-0.4, -0.2) is 79.0 Å². The van der Waals surface area contributed by atoms with E-state index >= 15 is 0 Å². The van der Waals surface area contributed by atoms with Crippen molar-refractivity contribution in [3.63, 3.8) is 0 Å². The van der Waals surface area contributed by atoms with Crippen molar-refractivity contribution in [3.8, 4) is 0 Å². The van der Waals surface area contributed by atoms with Crippen LogP contribution in [0, 0.1) is 0 Å². The maximum Gasteiger partial charge on any atom is 0.303 e. The van der Waals surface area contributed by atoms with Gasteiger partial charge in [0.2, 0.25) is 5.95 Å². The Morgan fingerprint density at radius 3 is 2.19 bits per heavy atom. The first-order chi connectivity index (χ1) is 27.5. The lowest BCUT2D eigenvalue weighted by Crippen LogP contribution is -2.69. The first kappa shape index (κ1) is 41.4. The maximum atomic E-state index is 13.1. The number of nitrogens with two attached hydrogens (primary N) is 1. The number of benzene rings is 4. The molecule has 13 nitrogen and oxygen atoms in total. The lowest BCUT2D eigenvalue weighted by atomic mass is 9.90. The van der Waals surface area contributed by atoms with Crippen LogP contribution in [0.1, 0.15) is 46.4 Å². The second-order valence-corrected chi connectivity index (χ2v) is 21.8. The van der Waals surface area contributed by atoms with Gasteiger partial charge in [-0.2, -0.15) is 18.4 Å². The Morgan fingerprint density at radius 1 is 0.966 bits per heavy atom. The molecule has 0 bridgehead atoms. The van der Waals surface area contributed by atoms with Crippen LogP contribution in [0.15, 0.2) is 109 Å². The van der Waals surface area contributed by atoms with Crippen LogP contribution in [0.2, 0.25) is 10.2 Å². The minimum atomic E-state index is -4.12. The molecule has 1 saturated heterocycles. The van der Waals surface area contributed by atoms with E-state index in [-0.39, 0.29) is 35.5 Å². The van der Waals surface area contributed by atoms with Crippen LogP contribution in [-0.2, 0) is 44.3 Å². The van der Waals surface area contributed by atoms with Gasteiger partial charge in [0.05, 0.1) is 25.8 Å². The molecule has 1 aliphatic heterocycles. The van der Waals surface area contributed by atoms with E-state index < -0.39 is 59.6 Å². The fourth-order valence-corrected chi connectivity index (χ4v) is 13.5. The third kappa shape index (κ3) is 7.99. The zero-order chi connectivity index (χ0) is 41.5. The molecule has 0 radical (unpaired) electrons. The van der Waals surface area contributed by atoms with Crippen LogP contribution in [0.25, 0.3) is 21.9 Å². The summed E-state index contributed by atoms with van der Waals surface area (Å²) in [6, 6.07) is 33.8. The Labute approximate surface area is 343 Å². The summed E-state index contributed by atoms with van der Waals surface area (Å²) in [6.45, 7) is 8.98. The average molecular weight is 844 g/mol. The minimum Gasteiger partial charge on any atom is -0.455 e. The molecule has 4 aromatic carbocycles. The van der Waals surface area contributed by atoms with Gasteiger partial charge in [0.15, 0.2) is 23.1 Å². The number of imidazole rings is 1. The highest BCUT2D eigenvalue weighted by Crippen LogP contribution is 2.47. The first-order valence-corrected chi connectivity index (χ1v) is 22.9. The number of esters is 1. The molecule has 0 saturated carbocycles. The van der Waals surface area contributed by atoms with E-state index in [9.17, 15) is 13.2 Å². The number of rotatable bonds is 13. The third-order valence-corrected chi connectivity index (χ3v) is 16.4. The zero-order valence-corrected chi connectivity index (χ0v) is 35.6. The van der Waals surface area contributed by atoms with Gasteiger partial charge in [-0.15, -0.1) is 0 Å². The number of aromatic nitrogens is 4. The Balaban J connectivity index is 1.44. The van der Waals surface area contributed by atoms with Crippen molar-refractivity contribution in [2.24, 2.45) is 0 Å². The van der Waals surface area contributed by atoms with E-state index in [1.807, 2.05) is 103 Å². The molecule has 58 heavy (non-hydrogen) atoms. The van der Waals surface area contributed by atoms with Gasteiger partial charge in [0.1, 0.15) is 23.3 Å². The SMILES string of the molecule is CC(=O)O[C@H]1[C@H](n2cnc3c(Cl)nc(N)nc32)O[C@@](CO[Si](c2ccccc2)(c2ccccc2)C(C)(C)C)([C@H](C)OS(C)(=O)=O)[C@H]1OCc1ccc2ccccc2c1. The standard InChI is InChI=1S/C42H46ClN5O8SSi/c1-27(56-57(6,50)51)42(25-53-58(41(3,4)5,32-17-9-7-10-18-32)33-19-11-8-12-20-33)36(52-24-29-21-22-30-15-13-14-16-31(30)23-29)35(54-28(2)49)39(55-42)48-26-45-34-37(43)46-40(44)47-38(34)48/h7-23,26-27,35-36,39H,24-25H2,1-6H3,(H2,44,46,47)/t27-,35+,36-,39+,42-/m0/s1. The number of fused-ring (bicyclic) bond motifs is 2. The van der Waals surface area contributed by atoms with Crippen molar-refractivity contribution in [1.29, 1.82) is 0 Å². The van der Waals surface area contributed by atoms with E-state index in [4.69, 9.17) is 40.2 Å². The predicted octanol–water partition coefficient (Wildman–Crippen LogP) is 5.94. The lowest BCUT2D eigenvalue weighted by Gasteiger charge is -2.46. The van der Waals surface area contributed by atoms with Gasteiger partial charge in [0, 0.05) is 6.92 Å². The molecule has 0 spiro atoms. The number of hydrogen-bond donors (Lipinski definition) is 1. The van der Waals surface area contributed by atoms with Crippen LogP contribution < -0.4 is 16.1 Å². The van der Waals surface area contributed by atoms with Gasteiger partial charge in [-0.05, 0) is 44.7 Å². The van der Waals surface area contributed by atoms with Gasteiger partial charge < -0.3 is 24.4 Å². The summed E-state index contributed by atoms with van der Waals surface area (Å²) >= 11 is 6.47. The van der Waals surface area contributed by atoms with Gasteiger partial charge in [-0.1, -0.05) is 129 Å². The molecule has 0 amide bonds. The van der Waals surface area contributed by atoms with Crippen LogP contribution in [0.4, 0.5) is 5.95 Å². The second-order valence-electron chi connectivity index (χ2n) is 15.5. The molecule has 16 heteroatoms. The highest BCUT2D eigenvalue weighted by atomic mass is 35.5. The number of anilines is 1. The van der Waals surface area contributed by atoms with Crippen molar-refractivity contribution >= 4 is 74.3 Å². The third-order valence-electron chi connectivity index (χ3n) is 10.6. The number of hydrogen-bond acceptors (Lipinski definition) is 12. The molecule has 1 fully saturated rings. The molecule has 304 valence electrons. The molecule has 0 aliphatic carbocycles. The predicted molar refractivity (Wildman–Crippen MR) is 225 cm³/mol. The van der Waals surface area contributed by atoms with E-state index in [2.05, 4.69) is 35.7 Å². The Hall–Kier alpha value is -4.74. The summed E-state index contributed by atoms with van der Waals surface area (Å²) < 4.78 is 61.2. The van der Waals surface area contributed by atoms with E-state index in [0.717, 1.165) is 33.0 Å². The topological polar surface area (TPSA) is 167 Å². The molecular weight excluding hydrogens is 798 g/mol. The summed E-state index contributed by atoms with van der Waals surface area (Å²) in [7, 11) is -7.46. The molecule has 0 unspecified atom stereocenters. The number of carbonyl (C=O) groups excluding carboxylic acids is 1. The molecule has 2 aromatic heterocycles. The lowest BCUT2D eigenvalue weighted by molar-refractivity contribution is -0.180.